The first kappa shape index (κ1) is 18.3. The number of hydrogen-bond acceptors (Lipinski definition) is 5. The van der Waals surface area contributed by atoms with E-state index in [1.165, 1.54) is 11.8 Å². The van der Waals surface area contributed by atoms with Gasteiger partial charge in [0.15, 0.2) is 15.0 Å². The molecule has 1 aromatic carbocycles. The van der Waals surface area contributed by atoms with Gasteiger partial charge in [-0.05, 0) is 30.2 Å². The maximum absolute atomic E-state index is 12.2. The van der Waals surface area contributed by atoms with Crippen LogP contribution >= 0.6 is 11.8 Å². The third kappa shape index (κ3) is 4.00. The summed E-state index contributed by atoms with van der Waals surface area (Å²) in [6.07, 6.45) is 0.383. The summed E-state index contributed by atoms with van der Waals surface area (Å²) in [5, 5.41) is 0.512. The van der Waals surface area contributed by atoms with E-state index in [9.17, 15) is 13.2 Å². The number of methoxy groups -OCH3 is 1. The van der Waals surface area contributed by atoms with Crippen molar-refractivity contribution in [3.05, 3.63) is 24.3 Å². The highest BCUT2D eigenvalue weighted by Gasteiger charge is 2.49. The van der Waals surface area contributed by atoms with Crippen LogP contribution in [0.2, 0.25) is 0 Å². The van der Waals surface area contributed by atoms with Gasteiger partial charge < -0.3 is 9.64 Å². The molecule has 2 saturated heterocycles. The van der Waals surface area contributed by atoms with Crippen LogP contribution < -0.4 is 9.64 Å². The second kappa shape index (κ2) is 6.99. The Kier molecular flexibility index (Phi) is 5.11. The molecule has 3 rings (SSSR count). The Labute approximate surface area is 152 Å². The average molecular weight is 383 g/mol. The number of carbonyl (C=O) groups excluding carboxylic acids is 1. The van der Waals surface area contributed by atoms with Crippen LogP contribution in [0.3, 0.4) is 0 Å². The minimum Gasteiger partial charge on any atom is -0.497 e. The van der Waals surface area contributed by atoms with Crippen LogP contribution in [0, 0.1) is 5.92 Å². The van der Waals surface area contributed by atoms with Crippen LogP contribution in [-0.4, -0.2) is 49.4 Å². The third-order valence-electron chi connectivity index (χ3n) is 4.22. The van der Waals surface area contributed by atoms with E-state index in [0.717, 1.165) is 11.4 Å². The summed E-state index contributed by atoms with van der Waals surface area (Å²) >= 11 is 1.40. The molecule has 0 N–H and O–H groups in total. The lowest BCUT2D eigenvalue weighted by molar-refractivity contribution is -0.118. The van der Waals surface area contributed by atoms with Crippen molar-refractivity contribution >= 4 is 38.4 Å². The first-order valence-electron chi connectivity index (χ1n) is 8.21. The molecule has 0 aromatic heterocycles. The van der Waals surface area contributed by atoms with Gasteiger partial charge >= 0.3 is 0 Å². The molecule has 0 spiro atoms. The number of rotatable bonds is 4. The fourth-order valence-corrected chi connectivity index (χ4v) is 7.04. The summed E-state index contributed by atoms with van der Waals surface area (Å²) < 4.78 is 29.2. The van der Waals surface area contributed by atoms with Crippen molar-refractivity contribution in [2.24, 2.45) is 10.9 Å². The lowest BCUT2D eigenvalue weighted by Gasteiger charge is -2.24. The van der Waals surface area contributed by atoms with Gasteiger partial charge in [0, 0.05) is 17.4 Å². The Hall–Kier alpha value is -1.54. The number of hydrogen-bond donors (Lipinski definition) is 0. The number of thioether (sulfide) groups is 1. The second-order valence-electron chi connectivity index (χ2n) is 6.75. The van der Waals surface area contributed by atoms with E-state index >= 15 is 0 Å². The molecule has 25 heavy (non-hydrogen) atoms. The lowest BCUT2D eigenvalue weighted by atomic mass is 10.1. The van der Waals surface area contributed by atoms with Crippen LogP contribution in [0.25, 0.3) is 0 Å². The summed E-state index contributed by atoms with van der Waals surface area (Å²) in [4.78, 5) is 18.4. The van der Waals surface area contributed by atoms with E-state index in [1.54, 1.807) is 7.11 Å². The Morgan fingerprint density at radius 2 is 2.00 bits per heavy atom. The molecule has 0 radical (unpaired) electrons. The quantitative estimate of drug-likeness (QED) is 0.796. The number of carbonyl (C=O) groups is 1. The molecular weight excluding hydrogens is 360 g/mol. The van der Waals surface area contributed by atoms with Crippen molar-refractivity contribution in [2.75, 3.05) is 23.5 Å². The van der Waals surface area contributed by atoms with Crippen LogP contribution in [0.5, 0.6) is 5.75 Å². The molecule has 2 aliphatic rings. The monoisotopic (exact) mass is 382 g/mol. The SMILES string of the molecule is COc1ccc(N2C(=NC(=O)CC(C)C)S[C@H]3CS(=O)(=O)C[C@@H]32)cc1. The largest absolute Gasteiger partial charge is 0.497 e. The zero-order valence-electron chi connectivity index (χ0n) is 14.5. The molecule has 0 unspecified atom stereocenters. The number of ether oxygens (including phenoxy) is 1. The maximum atomic E-state index is 12.2. The van der Waals surface area contributed by atoms with Crippen molar-refractivity contribution < 1.29 is 17.9 Å². The molecule has 136 valence electrons. The molecule has 2 fully saturated rings. The molecular formula is C17H22N2O4S2. The Morgan fingerprint density at radius 3 is 2.60 bits per heavy atom. The van der Waals surface area contributed by atoms with Gasteiger partial charge in [0.1, 0.15) is 5.75 Å². The van der Waals surface area contributed by atoms with Crippen LogP contribution in [0.1, 0.15) is 20.3 Å². The van der Waals surface area contributed by atoms with Gasteiger partial charge in [-0.1, -0.05) is 25.6 Å². The number of aliphatic imine (C=N–C) groups is 1. The molecule has 0 bridgehead atoms. The Morgan fingerprint density at radius 1 is 1.32 bits per heavy atom. The zero-order valence-corrected chi connectivity index (χ0v) is 16.1. The average Bonchev–Trinajstić information content (AvgIpc) is 2.97. The van der Waals surface area contributed by atoms with Gasteiger partial charge in [-0.3, -0.25) is 4.79 Å². The van der Waals surface area contributed by atoms with E-state index in [1.807, 2.05) is 43.0 Å². The minimum atomic E-state index is -3.06. The number of sulfone groups is 1. The van der Waals surface area contributed by atoms with Crippen LogP contribution in [0.4, 0.5) is 5.69 Å². The predicted molar refractivity (Wildman–Crippen MR) is 101 cm³/mol. The highest BCUT2D eigenvalue weighted by Crippen LogP contribution is 2.41. The maximum Gasteiger partial charge on any atom is 0.248 e. The number of amidine groups is 1. The Balaban J connectivity index is 1.94. The van der Waals surface area contributed by atoms with E-state index in [2.05, 4.69) is 4.99 Å². The van der Waals surface area contributed by atoms with E-state index in [-0.39, 0.29) is 34.6 Å². The van der Waals surface area contributed by atoms with Gasteiger partial charge in [-0.25, -0.2) is 8.42 Å². The van der Waals surface area contributed by atoms with Crippen molar-refractivity contribution in [1.29, 1.82) is 0 Å². The normalized spacial score (nSPS) is 26.2. The minimum absolute atomic E-state index is 0.0855. The predicted octanol–water partition coefficient (Wildman–Crippen LogP) is 2.34. The fraction of sp³-hybridized carbons (Fsp3) is 0.529. The van der Waals surface area contributed by atoms with Gasteiger partial charge in [-0.15, -0.1) is 0 Å². The third-order valence-corrected chi connectivity index (χ3v) is 7.43. The number of benzene rings is 1. The van der Waals surface area contributed by atoms with Gasteiger partial charge in [-0.2, -0.15) is 4.99 Å². The summed E-state index contributed by atoms with van der Waals surface area (Å²) in [7, 11) is -1.46. The molecule has 6 nitrogen and oxygen atoms in total. The molecule has 1 aromatic rings. The highest BCUT2D eigenvalue weighted by molar-refractivity contribution is 8.16. The highest BCUT2D eigenvalue weighted by atomic mass is 32.2. The molecule has 0 aliphatic carbocycles. The van der Waals surface area contributed by atoms with Gasteiger partial charge in [0.25, 0.3) is 0 Å². The van der Waals surface area contributed by atoms with Crippen molar-refractivity contribution in [3.8, 4) is 5.75 Å². The molecule has 2 heterocycles. The zero-order chi connectivity index (χ0) is 18.2. The van der Waals surface area contributed by atoms with Gasteiger partial charge in [0.05, 0.1) is 24.7 Å². The lowest BCUT2D eigenvalue weighted by Crippen LogP contribution is -2.37. The van der Waals surface area contributed by atoms with Crippen molar-refractivity contribution in [3.63, 3.8) is 0 Å². The Bertz CT molecular complexity index is 787. The summed E-state index contributed by atoms with van der Waals surface area (Å²) in [6, 6.07) is 7.20. The standard InChI is InChI=1S/C17H22N2O4S2/c1-11(2)8-16(20)18-17-19(12-4-6-13(23-3)7-5-12)14-9-25(21,22)10-15(14)24-17/h4-7,11,14-15H,8-10H2,1-3H3/t14-,15-/m0/s1. The summed E-state index contributed by atoms with van der Waals surface area (Å²) in [5.41, 5.74) is 0.828. The first-order chi connectivity index (χ1) is 11.8. The number of anilines is 1. The van der Waals surface area contributed by atoms with Crippen LogP contribution in [-0.2, 0) is 14.6 Å². The van der Waals surface area contributed by atoms with Crippen LogP contribution in [0.15, 0.2) is 29.3 Å². The fourth-order valence-electron chi connectivity index (χ4n) is 3.11. The molecule has 1 amide bonds. The van der Waals surface area contributed by atoms with Crippen molar-refractivity contribution in [1.82, 2.24) is 0 Å². The van der Waals surface area contributed by atoms with Crippen molar-refractivity contribution in [2.45, 2.75) is 31.6 Å². The first-order valence-corrected chi connectivity index (χ1v) is 10.9. The smallest absolute Gasteiger partial charge is 0.248 e. The second-order valence-corrected chi connectivity index (χ2v) is 10.1. The number of amides is 1. The summed E-state index contributed by atoms with van der Waals surface area (Å²) in [5.74, 6) is 1.01. The molecule has 8 heteroatoms. The molecule has 0 saturated carbocycles. The van der Waals surface area contributed by atoms with E-state index in [4.69, 9.17) is 4.74 Å². The number of nitrogens with zero attached hydrogens (tertiary/aromatic N) is 2. The number of fused-ring (bicyclic) bond motifs is 1. The summed E-state index contributed by atoms with van der Waals surface area (Å²) in [6.45, 7) is 3.95. The topological polar surface area (TPSA) is 76.0 Å². The van der Waals surface area contributed by atoms with E-state index < -0.39 is 9.84 Å². The molecule has 2 aliphatic heterocycles. The molecule has 2 atom stereocenters. The van der Waals surface area contributed by atoms with E-state index in [0.29, 0.717) is 11.6 Å². The van der Waals surface area contributed by atoms with Gasteiger partial charge in [0.2, 0.25) is 5.91 Å².